The first kappa shape index (κ1) is 20.4. The molecule has 0 amide bonds. The van der Waals surface area contributed by atoms with E-state index in [-0.39, 0.29) is 17.7 Å². The summed E-state index contributed by atoms with van der Waals surface area (Å²) in [6.07, 6.45) is 6.80. The van der Waals surface area contributed by atoms with Crippen LogP contribution in [0.4, 0.5) is 5.82 Å². The minimum Gasteiger partial charge on any atom is -0.390 e. The maximum Gasteiger partial charge on any atom is 0.160 e. The van der Waals surface area contributed by atoms with Crippen molar-refractivity contribution in [3.63, 3.8) is 0 Å². The third-order valence-corrected chi connectivity index (χ3v) is 7.10. The fourth-order valence-electron chi connectivity index (χ4n) is 4.11. The van der Waals surface area contributed by atoms with E-state index < -0.39 is 0 Å². The van der Waals surface area contributed by atoms with Gasteiger partial charge < -0.3 is 14.7 Å². The number of aliphatic hydroxyl groups excluding tert-OH is 1. The summed E-state index contributed by atoms with van der Waals surface area (Å²) in [7, 11) is 0. The zero-order valence-electron chi connectivity index (χ0n) is 16.1. The van der Waals surface area contributed by atoms with Gasteiger partial charge in [-0.05, 0) is 37.7 Å². The quantitative estimate of drug-likeness (QED) is 0.786. The van der Waals surface area contributed by atoms with Gasteiger partial charge in [0, 0.05) is 24.2 Å². The lowest BCUT2D eigenvalue weighted by Crippen LogP contribution is -2.41. The molecule has 1 N–H and O–H groups in total. The molecule has 9 heteroatoms. The molecule has 152 valence electrons. The van der Waals surface area contributed by atoms with Crippen molar-refractivity contribution in [2.45, 2.75) is 48.8 Å². The lowest BCUT2D eigenvalue weighted by Gasteiger charge is -2.39. The Morgan fingerprint density at radius 1 is 1.41 bits per heavy atom. The zero-order chi connectivity index (χ0) is 20.4. The first-order valence-electron chi connectivity index (χ1n) is 9.59. The SMILES string of the molecule is C[C@H]1CC2(CCN(c3ncc(Sc4ccnc(C#N)c4Cl)nc3CO)CC2)CO1. The largest absolute Gasteiger partial charge is 0.390 e. The fraction of sp³-hybridized carbons (Fsp3) is 0.500. The molecule has 7 nitrogen and oxygen atoms in total. The number of ether oxygens (including phenoxy) is 1. The van der Waals surface area contributed by atoms with Gasteiger partial charge in [0.25, 0.3) is 0 Å². The molecule has 1 spiro atoms. The van der Waals surface area contributed by atoms with Crippen LogP contribution in [0.25, 0.3) is 0 Å². The predicted octanol–water partition coefficient (Wildman–Crippen LogP) is 3.44. The molecule has 0 aromatic carbocycles. The molecule has 2 aliphatic heterocycles. The minimum absolute atomic E-state index is 0.177. The number of hydrogen-bond donors (Lipinski definition) is 1. The van der Waals surface area contributed by atoms with E-state index in [2.05, 4.69) is 26.8 Å². The van der Waals surface area contributed by atoms with Gasteiger partial charge in [0.2, 0.25) is 0 Å². The summed E-state index contributed by atoms with van der Waals surface area (Å²) in [4.78, 5) is 16.0. The van der Waals surface area contributed by atoms with Crippen molar-refractivity contribution in [1.29, 1.82) is 5.26 Å². The second-order valence-electron chi connectivity index (χ2n) is 7.63. The Kier molecular flexibility index (Phi) is 5.93. The number of halogens is 1. The third-order valence-electron chi connectivity index (χ3n) is 5.64. The Morgan fingerprint density at radius 2 is 2.21 bits per heavy atom. The monoisotopic (exact) mass is 431 g/mol. The summed E-state index contributed by atoms with van der Waals surface area (Å²) in [5.41, 5.74) is 1.01. The van der Waals surface area contributed by atoms with E-state index in [9.17, 15) is 5.11 Å². The highest BCUT2D eigenvalue weighted by atomic mass is 35.5. The number of piperidine rings is 1. The molecule has 0 bridgehead atoms. The van der Waals surface area contributed by atoms with E-state index in [1.54, 1.807) is 18.5 Å². The zero-order valence-corrected chi connectivity index (χ0v) is 17.7. The first-order valence-corrected chi connectivity index (χ1v) is 10.8. The lowest BCUT2D eigenvalue weighted by molar-refractivity contribution is 0.0975. The summed E-state index contributed by atoms with van der Waals surface area (Å²) in [6, 6.07) is 3.70. The van der Waals surface area contributed by atoms with Crippen LogP contribution in [-0.2, 0) is 11.3 Å². The highest BCUT2D eigenvalue weighted by molar-refractivity contribution is 7.99. The molecule has 1 atom stereocenters. The van der Waals surface area contributed by atoms with E-state index >= 15 is 0 Å². The molecule has 4 rings (SSSR count). The standard InChI is InChI=1S/C20H22ClN5O2S/c1-13-8-20(12-28-13)3-6-26(7-4-20)19-15(11-27)25-17(10-24-19)29-16-2-5-23-14(9-22)18(16)21/h2,5,10,13,27H,3-4,6-8,11-12H2,1H3/t13-/m0/s1. The highest BCUT2D eigenvalue weighted by Gasteiger charge is 2.41. The van der Waals surface area contributed by atoms with Gasteiger partial charge >= 0.3 is 0 Å². The van der Waals surface area contributed by atoms with Crippen molar-refractivity contribution >= 4 is 29.2 Å². The topological polar surface area (TPSA) is 95.2 Å². The van der Waals surface area contributed by atoms with E-state index in [0.29, 0.717) is 26.7 Å². The summed E-state index contributed by atoms with van der Waals surface area (Å²) < 4.78 is 5.81. The Morgan fingerprint density at radius 3 is 2.86 bits per heavy atom. The molecule has 2 aliphatic rings. The van der Waals surface area contributed by atoms with Gasteiger partial charge in [-0.1, -0.05) is 23.4 Å². The van der Waals surface area contributed by atoms with E-state index in [1.807, 2.05) is 6.07 Å². The molecule has 0 saturated carbocycles. The van der Waals surface area contributed by atoms with Crippen LogP contribution in [0.1, 0.15) is 37.6 Å². The van der Waals surface area contributed by atoms with E-state index in [0.717, 1.165) is 44.8 Å². The number of hydrogen-bond acceptors (Lipinski definition) is 8. The molecule has 0 unspecified atom stereocenters. The van der Waals surface area contributed by atoms with Gasteiger partial charge in [-0.3, -0.25) is 0 Å². The lowest BCUT2D eigenvalue weighted by atomic mass is 9.77. The molecule has 2 fully saturated rings. The Balaban J connectivity index is 1.50. The van der Waals surface area contributed by atoms with Crippen LogP contribution in [-0.4, -0.2) is 45.9 Å². The number of aromatic nitrogens is 3. The average Bonchev–Trinajstić information content (AvgIpc) is 3.10. The molecule has 0 aliphatic carbocycles. The summed E-state index contributed by atoms with van der Waals surface area (Å²) in [6.45, 7) is 4.55. The number of anilines is 1. The molecule has 2 aromatic rings. The van der Waals surface area contributed by atoms with Gasteiger partial charge in [-0.15, -0.1) is 0 Å². The van der Waals surface area contributed by atoms with Crippen LogP contribution >= 0.6 is 23.4 Å². The van der Waals surface area contributed by atoms with Crippen LogP contribution in [0.15, 0.2) is 28.4 Å². The molecule has 0 radical (unpaired) electrons. The molecule has 29 heavy (non-hydrogen) atoms. The van der Waals surface area contributed by atoms with Gasteiger partial charge in [-0.25, -0.2) is 15.0 Å². The maximum atomic E-state index is 9.88. The first-order chi connectivity index (χ1) is 14.0. The Bertz CT molecular complexity index is 943. The third kappa shape index (κ3) is 4.19. The van der Waals surface area contributed by atoms with Gasteiger partial charge in [0.1, 0.15) is 16.8 Å². The normalized spacial score (nSPS) is 20.8. The fourth-order valence-corrected chi connectivity index (χ4v) is 5.18. The Hall–Kier alpha value is -1.92. The number of pyridine rings is 1. The molecule has 4 heterocycles. The van der Waals surface area contributed by atoms with Crippen LogP contribution in [0.2, 0.25) is 5.02 Å². The number of rotatable bonds is 4. The summed E-state index contributed by atoms with van der Waals surface area (Å²) >= 11 is 7.53. The van der Waals surface area contributed by atoms with Crippen molar-refractivity contribution in [1.82, 2.24) is 15.0 Å². The second kappa shape index (κ2) is 8.44. The summed E-state index contributed by atoms with van der Waals surface area (Å²) in [5, 5.41) is 19.9. The molecule has 2 saturated heterocycles. The van der Waals surface area contributed by atoms with Gasteiger partial charge in [0.05, 0.1) is 30.5 Å². The van der Waals surface area contributed by atoms with Crippen molar-refractivity contribution < 1.29 is 9.84 Å². The second-order valence-corrected chi connectivity index (χ2v) is 9.08. The van der Waals surface area contributed by atoms with Gasteiger partial charge in [0.15, 0.2) is 11.5 Å². The van der Waals surface area contributed by atoms with Crippen LogP contribution < -0.4 is 4.90 Å². The predicted molar refractivity (Wildman–Crippen MR) is 110 cm³/mol. The van der Waals surface area contributed by atoms with Crippen molar-refractivity contribution in [2.75, 3.05) is 24.6 Å². The average molecular weight is 432 g/mol. The van der Waals surface area contributed by atoms with E-state index in [4.69, 9.17) is 21.6 Å². The van der Waals surface area contributed by atoms with Crippen LogP contribution in [0.5, 0.6) is 0 Å². The van der Waals surface area contributed by atoms with Crippen molar-refractivity contribution in [3.8, 4) is 6.07 Å². The number of aliphatic hydroxyl groups is 1. The molecule has 2 aromatic heterocycles. The van der Waals surface area contributed by atoms with Crippen LogP contribution in [0, 0.1) is 16.7 Å². The molecular weight excluding hydrogens is 410 g/mol. The maximum absolute atomic E-state index is 9.88. The van der Waals surface area contributed by atoms with Crippen molar-refractivity contribution in [3.05, 3.63) is 34.9 Å². The minimum atomic E-state index is -0.188. The number of nitriles is 1. The van der Waals surface area contributed by atoms with Crippen LogP contribution in [0.3, 0.4) is 0 Å². The number of nitrogens with zero attached hydrogens (tertiary/aromatic N) is 5. The van der Waals surface area contributed by atoms with Crippen molar-refractivity contribution in [2.24, 2.45) is 5.41 Å². The van der Waals surface area contributed by atoms with Gasteiger partial charge in [-0.2, -0.15) is 5.26 Å². The van der Waals surface area contributed by atoms with E-state index in [1.165, 1.54) is 11.8 Å². The smallest absolute Gasteiger partial charge is 0.160 e. The highest BCUT2D eigenvalue weighted by Crippen LogP contribution is 2.43. The Labute approximate surface area is 179 Å². The molecular formula is C20H22ClN5O2S. The summed E-state index contributed by atoms with van der Waals surface area (Å²) in [5.74, 6) is 0.734.